The topological polar surface area (TPSA) is 65.1 Å². The quantitative estimate of drug-likeness (QED) is 0.374. The minimum Gasteiger partial charge on any atom is -0.485 e. The highest BCUT2D eigenvalue weighted by molar-refractivity contribution is 14.1. The van der Waals surface area contributed by atoms with Crippen LogP contribution in [0.1, 0.15) is 27.2 Å². The molecule has 1 aromatic rings. The van der Waals surface area contributed by atoms with Crippen molar-refractivity contribution in [1.82, 2.24) is 4.90 Å². The van der Waals surface area contributed by atoms with Gasteiger partial charge >= 0.3 is 12.1 Å². The lowest BCUT2D eigenvalue weighted by Gasteiger charge is -2.27. The monoisotopic (exact) mass is 483 g/mol. The maximum Gasteiger partial charge on any atom is 0.411 e. The average Bonchev–Trinajstić information content (AvgIpc) is 2.97. The smallest absolute Gasteiger partial charge is 0.411 e. The number of amides is 1. The fraction of sp³-hybridized carbons (Fsp3) is 0.529. The number of carbonyl (C=O) groups excluding carboxylic acids is 2. The Kier molecular flexibility index (Phi) is 6.30. The molecule has 0 bridgehead atoms. The van der Waals surface area contributed by atoms with Gasteiger partial charge in [0.05, 0.1) is 17.2 Å². The Hall–Kier alpha value is -1.65. The maximum absolute atomic E-state index is 14.0. The Balaban J connectivity index is 2.18. The summed E-state index contributed by atoms with van der Waals surface area (Å²) in [6.07, 6.45) is -1.33. The maximum atomic E-state index is 14.0. The highest BCUT2D eigenvalue weighted by Crippen LogP contribution is 2.29. The van der Waals surface area contributed by atoms with Gasteiger partial charge in [-0.05, 0) is 55.5 Å². The van der Waals surface area contributed by atoms with Gasteiger partial charge in [-0.1, -0.05) is 0 Å². The first-order valence-corrected chi connectivity index (χ1v) is 8.99. The van der Waals surface area contributed by atoms with Crippen LogP contribution in [0.3, 0.4) is 0 Å². The van der Waals surface area contributed by atoms with E-state index < -0.39 is 41.4 Å². The van der Waals surface area contributed by atoms with Crippen LogP contribution in [0.5, 0.6) is 5.75 Å². The van der Waals surface area contributed by atoms with E-state index in [9.17, 15) is 18.4 Å². The van der Waals surface area contributed by atoms with Gasteiger partial charge in [-0.2, -0.15) is 4.39 Å². The SMILES string of the molecule is COC(=O)[C@@H]1C[C@@H](Oc2ccc(I)c(F)c2F)CN1C(=O)OC(C)(C)C. The first kappa shape index (κ1) is 20.7. The molecule has 1 aliphatic rings. The van der Waals surface area contributed by atoms with Gasteiger partial charge in [-0.15, -0.1) is 0 Å². The minimum absolute atomic E-state index is 0.0122. The highest BCUT2D eigenvalue weighted by atomic mass is 127. The fourth-order valence-electron chi connectivity index (χ4n) is 2.54. The predicted octanol–water partition coefficient (Wildman–Crippen LogP) is 3.50. The molecule has 144 valence electrons. The number of esters is 1. The number of ether oxygens (including phenoxy) is 3. The Morgan fingerprint density at radius 2 is 1.88 bits per heavy atom. The molecule has 0 N–H and O–H groups in total. The summed E-state index contributed by atoms with van der Waals surface area (Å²) in [7, 11) is 1.21. The van der Waals surface area contributed by atoms with Crippen molar-refractivity contribution in [1.29, 1.82) is 0 Å². The number of benzene rings is 1. The largest absolute Gasteiger partial charge is 0.485 e. The van der Waals surface area contributed by atoms with E-state index >= 15 is 0 Å². The van der Waals surface area contributed by atoms with Crippen molar-refractivity contribution in [2.24, 2.45) is 0 Å². The van der Waals surface area contributed by atoms with Gasteiger partial charge in [0.1, 0.15) is 17.7 Å². The summed E-state index contributed by atoms with van der Waals surface area (Å²) in [5, 5.41) is 0. The molecule has 0 radical (unpaired) electrons. The van der Waals surface area contributed by atoms with Crippen molar-refractivity contribution < 1.29 is 32.6 Å². The van der Waals surface area contributed by atoms with Crippen LogP contribution in [0.25, 0.3) is 0 Å². The number of nitrogens with zero attached hydrogens (tertiary/aromatic N) is 1. The van der Waals surface area contributed by atoms with Gasteiger partial charge in [0.15, 0.2) is 11.6 Å². The van der Waals surface area contributed by atoms with E-state index in [-0.39, 0.29) is 22.3 Å². The zero-order valence-corrected chi connectivity index (χ0v) is 17.0. The molecule has 26 heavy (non-hydrogen) atoms. The van der Waals surface area contributed by atoms with Crippen LogP contribution in [-0.2, 0) is 14.3 Å². The minimum atomic E-state index is -1.11. The zero-order valence-electron chi connectivity index (χ0n) is 14.8. The predicted molar refractivity (Wildman–Crippen MR) is 96.9 cm³/mol. The zero-order chi connectivity index (χ0) is 19.6. The molecule has 0 aromatic heterocycles. The van der Waals surface area contributed by atoms with Gasteiger partial charge in [0, 0.05) is 6.42 Å². The molecule has 0 unspecified atom stereocenters. The number of hydrogen-bond donors (Lipinski definition) is 0. The lowest BCUT2D eigenvalue weighted by Crippen LogP contribution is -2.44. The van der Waals surface area contributed by atoms with E-state index in [4.69, 9.17) is 14.2 Å². The van der Waals surface area contributed by atoms with E-state index in [1.54, 1.807) is 43.4 Å². The van der Waals surface area contributed by atoms with Gasteiger partial charge in [0.25, 0.3) is 0 Å². The van der Waals surface area contributed by atoms with Crippen molar-refractivity contribution in [3.8, 4) is 5.75 Å². The number of methoxy groups -OCH3 is 1. The Morgan fingerprint density at radius 1 is 1.23 bits per heavy atom. The number of likely N-dealkylation sites (tertiary alicyclic amines) is 1. The molecule has 9 heteroatoms. The number of halogens is 3. The molecule has 1 saturated heterocycles. The molecular weight excluding hydrogens is 463 g/mol. The Morgan fingerprint density at radius 3 is 2.46 bits per heavy atom. The molecule has 6 nitrogen and oxygen atoms in total. The lowest BCUT2D eigenvalue weighted by atomic mass is 10.2. The molecule has 1 fully saturated rings. The fourth-order valence-corrected chi connectivity index (χ4v) is 2.96. The van der Waals surface area contributed by atoms with Crippen molar-refractivity contribution in [3.63, 3.8) is 0 Å². The van der Waals surface area contributed by atoms with Crippen molar-refractivity contribution in [3.05, 3.63) is 27.3 Å². The van der Waals surface area contributed by atoms with E-state index in [2.05, 4.69) is 0 Å². The second kappa shape index (κ2) is 7.93. The van der Waals surface area contributed by atoms with E-state index in [1.165, 1.54) is 24.1 Å². The molecule has 2 atom stereocenters. The normalized spacial score (nSPS) is 20.0. The number of rotatable bonds is 3. The van der Waals surface area contributed by atoms with Crippen LogP contribution in [0.15, 0.2) is 12.1 Å². The third-order valence-corrected chi connectivity index (χ3v) is 4.49. The molecule has 1 amide bonds. The molecule has 0 saturated carbocycles. The van der Waals surface area contributed by atoms with E-state index in [0.29, 0.717) is 0 Å². The highest BCUT2D eigenvalue weighted by Gasteiger charge is 2.43. The van der Waals surface area contributed by atoms with Crippen molar-refractivity contribution >= 4 is 34.7 Å². The van der Waals surface area contributed by atoms with Gasteiger partial charge in [-0.25, -0.2) is 14.0 Å². The van der Waals surface area contributed by atoms with Gasteiger partial charge in [-0.3, -0.25) is 4.90 Å². The summed E-state index contributed by atoms with van der Waals surface area (Å²) in [5.74, 6) is -3.02. The summed E-state index contributed by atoms with van der Waals surface area (Å²) < 4.78 is 43.4. The van der Waals surface area contributed by atoms with Crippen molar-refractivity contribution in [2.75, 3.05) is 13.7 Å². The van der Waals surface area contributed by atoms with Gasteiger partial charge in [0.2, 0.25) is 5.82 Å². The second-order valence-electron chi connectivity index (χ2n) is 6.82. The van der Waals surface area contributed by atoms with Crippen LogP contribution in [0.2, 0.25) is 0 Å². The molecular formula is C17H20F2INO5. The summed E-state index contributed by atoms with van der Waals surface area (Å²) in [6.45, 7) is 5.09. The summed E-state index contributed by atoms with van der Waals surface area (Å²) in [6, 6.07) is 1.77. The lowest BCUT2D eigenvalue weighted by molar-refractivity contribution is -0.145. The Bertz CT molecular complexity index is 707. The molecule has 1 aromatic carbocycles. The van der Waals surface area contributed by atoms with Crippen LogP contribution in [0, 0.1) is 15.2 Å². The summed E-state index contributed by atoms with van der Waals surface area (Å²) in [5.41, 5.74) is -0.748. The first-order chi connectivity index (χ1) is 12.0. The Labute approximate surface area is 163 Å². The molecule has 2 rings (SSSR count). The summed E-state index contributed by atoms with van der Waals surface area (Å²) in [4.78, 5) is 25.5. The molecule has 1 aliphatic heterocycles. The second-order valence-corrected chi connectivity index (χ2v) is 7.98. The molecule has 0 spiro atoms. The molecule has 0 aliphatic carbocycles. The van der Waals surface area contributed by atoms with Gasteiger partial charge < -0.3 is 14.2 Å². The van der Waals surface area contributed by atoms with E-state index in [0.717, 1.165) is 0 Å². The van der Waals surface area contributed by atoms with Crippen LogP contribution < -0.4 is 4.74 Å². The van der Waals surface area contributed by atoms with E-state index in [1.807, 2.05) is 0 Å². The van der Waals surface area contributed by atoms with Crippen LogP contribution in [-0.4, -0.2) is 48.4 Å². The third kappa shape index (κ3) is 4.74. The summed E-state index contributed by atoms with van der Waals surface area (Å²) >= 11 is 1.67. The standard InChI is InChI=1S/C17H20F2INO5/c1-17(2,3)26-16(23)21-8-9(7-11(21)15(22)24-4)25-12-6-5-10(20)13(18)14(12)19/h5-6,9,11H,7-8H2,1-4H3/t9-,11+/m1/s1. The van der Waals surface area contributed by atoms with Crippen LogP contribution >= 0.6 is 22.6 Å². The van der Waals surface area contributed by atoms with Crippen LogP contribution in [0.4, 0.5) is 13.6 Å². The first-order valence-electron chi connectivity index (χ1n) is 7.91. The average molecular weight is 483 g/mol. The number of carbonyl (C=O) groups is 2. The van der Waals surface area contributed by atoms with Crippen molar-refractivity contribution in [2.45, 2.75) is 44.9 Å². The number of hydrogen-bond acceptors (Lipinski definition) is 5. The molecule has 1 heterocycles. The third-order valence-electron chi connectivity index (χ3n) is 3.66.